The van der Waals surface area contributed by atoms with Gasteiger partial charge in [-0.25, -0.2) is 4.79 Å². The number of nitrogens with zero attached hydrogens (tertiary/aromatic N) is 1. The first-order chi connectivity index (χ1) is 9.22. The van der Waals surface area contributed by atoms with Crippen LogP contribution in [0.4, 0.5) is 4.79 Å². The number of amides is 2. The Balaban J connectivity index is 1.52. The lowest BCUT2D eigenvalue weighted by Crippen LogP contribution is -2.39. The van der Waals surface area contributed by atoms with E-state index in [1.165, 1.54) is 16.0 Å². The average molecular weight is 260 g/mol. The summed E-state index contributed by atoms with van der Waals surface area (Å²) >= 11 is 0. The van der Waals surface area contributed by atoms with E-state index in [-0.39, 0.29) is 12.6 Å². The molecule has 2 amide bonds. The Morgan fingerprint density at radius 3 is 3.05 bits per heavy atom. The van der Waals surface area contributed by atoms with Gasteiger partial charge in [0.25, 0.3) is 0 Å². The van der Waals surface area contributed by atoms with E-state index in [0.29, 0.717) is 18.4 Å². The van der Waals surface area contributed by atoms with Gasteiger partial charge in [0.1, 0.15) is 0 Å². The van der Waals surface area contributed by atoms with Crippen molar-refractivity contribution in [1.29, 1.82) is 0 Å². The van der Waals surface area contributed by atoms with E-state index in [4.69, 9.17) is 5.11 Å². The fraction of sp³-hybridized carbons (Fsp3) is 0.533. The van der Waals surface area contributed by atoms with Gasteiger partial charge in [-0.1, -0.05) is 24.3 Å². The van der Waals surface area contributed by atoms with E-state index in [0.717, 1.165) is 18.9 Å². The summed E-state index contributed by atoms with van der Waals surface area (Å²) in [6, 6.07) is 8.55. The van der Waals surface area contributed by atoms with Gasteiger partial charge in [-0.3, -0.25) is 0 Å². The number of carbonyl (C=O) groups excluding carboxylic acids is 1. The summed E-state index contributed by atoms with van der Waals surface area (Å²) in [5.74, 6) is 1.97. The van der Waals surface area contributed by atoms with Gasteiger partial charge >= 0.3 is 6.03 Å². The first-order valence-corrected chi connectivity index (χ1v) is 6.90. The van der Waals surface area contributed by atoms with Crippen LogP contribution < -0.4 is 5.32 Å². The molecule has 4 nitrogen and oxygen atoms in total. The van der Waals surface area contributed by atoms with Gasteiger partial charge in [0.2, 0.25) is 0 Å². The van der Waals surface area contributed by atoms with Crippen molar-refractivity contribution in [2.45, 2.75) is 12.3 Å². The van der Waals surface area contributed by atoms with Crippen molar-refractivity contribution >= 4 is 6.03 Å². The van der Waals surface area contributed by atoms with Crippen molar-refractivity contribution < 1.29 is 9.90 Å². The van der Waals surface area contributed by atoms with Gasteiger partial charge in [0, 0.05) is 20.1 Å². The monoisotopic (exact) mass is 260 g/mol. The van der Waals surface area contributed by atoms with Crippen LogP contribution in [0, 0.1) is 11.8 Å². The highest BCUT2D eigenvalue weighted by atomic mass is 16.3. The SMILES string of the molecule is CN(CCO)C(=O)NCC1C2Cc3ccccc3C12. The molecule has 3 rings (SSSR count). The topological polar surface area (TPSA) is 52.6 Å². The zero-order valence-corrected chi connectivity index (χ0v) is 11.2. The Kier molecular flexibility index (Phi) is 3.19. The second kappa shape index (κ2) is 4.85. The van der Waals surface area contributed by atoms with E-state index in [1.807, 2.05) is 0 Å². The molecule has 19 heavy (non-hydrogen) atoms. The molecule has 4 heteroatoms. The number of fused-ring (bicyclic) bond motifs is 3. The molecule has 0 bridgehead atoms. The number of hydrogen-bond acceptors (Lipinski definition) is 2. The highest BCUT2D eigenvalue weighted by Gasteiger charge is 2.55. The van der Waals surface area contributed by atoms with Crippen molar-refractivity contribution in [3.8, 4) is 0 Å². The van der Waals surface area contributed by atoms with Crippen LogP contribution in [0.2, 0.25) is 0 Å². The van der Waals surface area contributed by atoms with Gasteiger partial charge in [-0.05, 0) is 35.3 Å². The number of rotatable bonds is 4. The predicted molar refractivity (Wildman–Crippen MR) is 73.0 cm³/mol. The minimum Gasteiger partial charge on any atom is -0.395 e. The molecule has 2 aliphatic carbocycles. The van der Waals surface area contributed by atoms with Crippen molar-refractivity contribution in [3.05, 3.63) is 35.4 Å². The maximum Gasteiger partial charge on any atom is 0.317 e. The number of aliphatic hydroxyl groups is 1. The van der Waals surface area contributed by atoms with Crippen LogP contribution in [-0.4, -0.2) is 42.8 Å². The lowest BCUT2D eigenvalue weighted by atomic mass is 10.0. The number of urea groups is 1. The second-order valence-electron chi connectivity index (χ2n) is 5.59. The van der Waals surface area contributed by atoms with Crippen molar-refractivity contribution in [2.75, 3.05) is 26.7 Å². The fourth-order valence-electron chi connectivity index (χ4n) is 3.35. The molecule has 0 aliphatic heterocycles. The number of nitrogens with one attached hydrogen (secondary N) is 1. The third-order valence-corrected chi connectivity index (χ3v) is 4.47. The van der Waals surface area contributed by atoms with Crippen molar-refractivity contribution in [3.63, 3.8) is 0 Å². The van der Waals surface area contributed by atoms with Gasteiger partial charge in [-0.15, -0.1) is 0 Å². The van der Waals surface area contributed by atoms with E-state index in [2.05, 4.69) is 29.6 Å². The Morgan fingerprint density at radius 2 is 2.26 bits per heavy atom. The maximum atomic E-state index is 11.7. The van der Waals surface area contributed by atoms with Crippen LogP contribution in [-0.2, 0) is 6.42 Å². The van der Waals surface area contributed by atoms with Gasteiger partial charge in [0.05, 0.1) is 6.61 Å². The molecular weight excluding hydrogens is 240 g/mol. The summed E-state index contributed by atoms with van der Waals surface area (Å²) in [6.07, 6.45) is 1.16. The molecule has 102 valence electrons. The smallest absolute Gasteiger partial charge is 0.317 e. The minimum absolute atomic E-state index is 0.00593. The first kappa shape index (κ1) is 12.5. The van der Waals surface area contributed by atoms with Crippen molar-refractivity contribution in [1.82, 2.24) is 10.2 Å². The molecule has 3 atom stereocenters. The van der Waals surface area contributed by atoms with Crippen LogP contribution in [0.1, 0.15) is 17.0 Å². The molecule has 1 saturated carbocycles. The molecular formula is C15H20N2O2. The number of hydrogen-bond donors (Lipinski definition) is 2. The van der Waals surface area contributed by atoms with Crippen LogP contribution in [0.15, 0.2) is 24.3 Å². The Morgan fingerprint density at radius 1 is 1.47 bits per heavy atom. The van der Waals surface area contributed by atoms with E-state index < -0.39 is 0 Å². The first-order valence-electron chi connectivity index (χ1n) is 6.90. The van der Waals surface area contributed by atoms with E-state index in [1.54, 1.807) is 7.05 Å². The zero-order valence-electron chi connectivity index (χ0n) is 11.2. The third-order valence-electron chi connectivity index (χ3n) is 4.47. The molecule has 2 N–H and O–H groups in total. The second-order valence-corrected chi connectivity index (χ2v) is 5.59. The molecule has 1 fully saturated rings. The highest BCUT2D eigenvalue weighted by Crippen LogP contribution is 2.60. The molecule has 1 aromatic rings. The summed E-state index contributed by atoms with van der Waals surface area (Å²) in [5.41, 5.74) is 2.97. The number of carbonyl (C=O) groups is 1. The Labute approximate surface area is 113 Å². The van der Waals surface area contributed by atoms with Crippen molar-refractivity contribution in [2.24, 2.45) is 11.8 Å². The third kappa shape index (κ3) is 2.21. The number of aliphatic hydroxyl groups excluding tert-OH is 1. The lowest BCUT2D eigenvalue weighted by molar-refractivity contribution is 0.190. The fourth-order valence-corrected chi connectivity index (χ4v) is 3.35. The molecule has 0 heterocycles. The van der Waals surface area contributed by atoms with E-state index >= 15 is 0 Å². The molecule has 3 unspecified atom stereocenters. The molecule has 0 spiro atoms. The minimum atomic E-state index is -0.0905. The summed E-state index contributed by atoms with van der Waals surface area (Å²) in [7, 11) is 1.70. The number of benzene rings is 1. The summed E-state index contributed by atoms with van der Waals surface area (Å²) in [4.78, 5) is 13.3. The molecule has 0 aromatic heterocycles. The zero-order chi connectivity index (χ0) is 13.4. The van der Waals surface area contributed by atoms with Crippen LogP contribution in [0.5, 0.6) is 0 Å². The Bertz CT molecular complexity index is 489. The van der Waals surface area contributed by atoms with Gasteiger partial charge in [0.15, 0.2) is 0 Å². The lowest BCUT2D eigenvalue weighted by Gasteiger charge is -2.17. The molecule has 0 radical (unpaired) electrons. The quantitative estimate of drug-likeness (QED) is 0.855. The normalized spacial score (nSPS) is 26.5. The van der Waals surface area contributed by atoms with Crippen LogP contribution in [0.25, 0.3) is 0 Å². The highest BCUT2D eigenvalue weighted by molar-refractivity contribution is 5.73. The van der Waals surface area contributed by atoms with Gasteiger partial charge in [-0.2, -0.15) is 0 Å². The van der Waals surface area contributed by atoms with E-state index in [9.17, 15) is 4.79 Å². The standard InChI is InChI=1S/C15H20N2O2/c1-17(6-7-18)15(19)16-9-13-12-8-10-4-2-3-5-11(10)14(12)13/h2-5,12-14,18H,6-9H2,1H3,(H,16,19). The molecule has 0 saturated heterocycles. The van der Waals surface area contributed by atoms with Crippen LogP contribution >= 0.6 is 0 Å². The maximum absolute atomic E-state index is 11.7. The number of likely N-dealkylation sites (N-methyl/N-ethyl adjacent to an activating group) is 1. The molecule has 2 aliphatic rings. The molecule has 1 aromatic carbocycles. The summed E-state index contributed by atoms with van der Waals surface area (Å²) in [5, 5.41) is 11.8. The summed E-state index contributed by atoms with van der Waals surface area (Å²) < 4.78 is 0. The predicted octanol–water partition coefficient (Wildman–Crippen LogP) is 1.21. The largest absolute Gasteiger partial charge is 0.395 e. The average Bonchev–Trinajstić information content (AvgIpc) is 2.95. The summed E-state index contributed by atoms with van der Waals surface area (Å²) in [6.45, 7) is 1.14. The van der Waals surface area contributed by atoms with Crippen LogP contribution in [0.3, 0.4) is 0 Å². The van der Waals surface area contributed by atoms with Gasteiger partial charge < -0.3 is 15.3 Å². The Hall–Kier alpha value is -1.55.